The second kappa shape index (κ2) is 27.4. The molecule has 0 spiro atoms. The summed E-state index contributed by atoms with van der Waals surface area (Å²) in [5, 5.41) is 24.1. The van der Waals surface area contributed by atoms with E-state index in [9.17, 15) is 43.8 Å². The molecule has 4 fully saturated rings. The molecule has 4 heterocycles. The summed E-state index contributed by atoms with van der Waals surface area (Å²) in [5.41, 5.74) is 1.51. The third-order valence-corrected chi connectivity index (χ3v) is 15.8. The van der Waals surface area contributed by atoms with Gasteiger partial charge >= 0.3 is 23.9 Å². The Labute approximate surface area is 442 Å². The summed E-state index contributed by atoms with van der Waals surface area (Å²) in [6, 6.07) is -1.23. The van der Waals surface area contributed by atoms with Crippen LogP contribution in [-0.2, 0) is 80.9 Å². The molecule has 2 N–H and O–H groups in total. The molecule has 424 valence electrons. The molecule has 0 aromatic heterocycles. The van der Waals surface area contributed by atoms with Crippen molar-refractivity contribution in [3.63, 3.8) is 0 Å². The van der Waals surface area contributed by atoms with Crippen LogP contribution in [-0.4, -0.2) is 170 Å². The highest BCUT2D eigenvalue weighted by Gasteiger charge is 2.57. The maximum Gasteiger partial charge on any atom is 0.329 e. The molecule has 20 nitrogen and oxygen atoms in total. The number of allylic oxidation sites excluding steroid dienone is 3. The summed E-state index contributed by atoms with van der Waals surface area (Å²) in [6.07, 6.45) is -3.75. The third-order valence-electron chi connectivity index (χ3n) is 15.8. The first kappa shape index (κ1) is 61.7. The molecule has 0 aromatic rings. The SMILES string of the molecule is CC[C@@H]1/C=C(\C)C[C@@H](C)C[C@H](OC)[C@H]2O[C@@](O)(C(=O)C(=O)N3CCCC[C@H]3C(=O)O[C@H](/C(C)=C/[C@@H]3CC[C@@H](O[C@@H]4O[C@@H](C)[C@H](OC(C)=O)[C@@H](OC(C)=O)[C@H]4OC(C)=O)[C@H](OC)C3)[C@H](C)[C@@H](O)CC1=O)[C@H](C)C[C@@H]2OC. The Balaban J connectivity index is 1.47. The van der Waals surface area contributed by atoms with Crippen LogP contribution >= 0.6 is 0 Å². The van der Waals surface area contributed by atoms with E-state index in [0.29, 0.717) is 56.9 Å². The molecule has 19 atom stereocenters. The number of hydrogen-bond acceptors (Lipinski definition) is 19. The van der Waals surface area contributed by atoms with Crippen LogP contribution in [0.4, 0.5) is 0 Å². The molecule has 0 aromatic carbocycles. The fourth-order valence-corrected chi connectivity index (χ4v) is 11.8. The Bertz CT molecular complexity index is 2080. The Kier molecular flexibility index (Phi) is 22.6. The van der Waals surface area contributed by atoms with Crippen molar-refractivity contribution in [3.8, 4) is 0 Å². The molecule has 4 aliphatic heterocycles. The number of fused-ring (bicyclic) bond motifs is 3. The maximum absolute atomic E-state index is 14.7. The van der Waals surface area contributed by atoms with E-state index in [2.05, 4.69) is 0 Å². The lowest BCUT2D eigenvalue weighted by Gasteiger charge is -2.47. The largest absolute Gasteiger partial charge is 0.456 e. The number of esters is 4. The third kappa shape index (κ3) is 15.3. The molecule has 1 amide bonds. The summed E-state index contributed by atoms with van der Waals surface area (Å²) in [4.78, 5) is 95.5. The summed E-state index contributed by atoms with van der Waals surface area (Å²) < 4.78 is 59.7. The van der Waals surface area contributed by atoms with Crippen LogP contribution in [0.2, 0.25) is 0 Å². The van der Waals surface area contributed by atoms with Gasteiger partial charge in [0.25, 0.3) is 11.7 Å². The number of methoxy groups -OCH3 is 3. The average Bonchev–Trinajstić information content (AvgIpc) is 3.35. The highest BCUT2D eigenvalue weighted by molar-refractivity contribution is 6.39. The molecule has 1 aliphatic carbocycles. The molecule has 3 saturated heterocycles. The van der Waals surface area contributed by atoms with Gasteiger partial charge in [-0.05, 0) is 102 Å². The number of amides is 1. The lowest BCUT2D eigenvalue weighted by atomic mass is 9.81. The van der Waals surface area contributed by atoms with Crippen LogP contribution in [0.3, 0.4) is 0 Å². The number of aliphatic hydroxyl groups excluding tert-OH is 1. The van der Waals surface area contributed by atoms with Gasteiger partial charge in [-0.15, -0.1) is 0 Å². The van der Waals surface area contributed by atoms with Crippen molar-refractivity contribution < 1.29 is 91.1 Å². The first-order valence-corrected chi connectivity index (χ1v) is 26.8. The number of ketones is 2. The van der Waals surface area contributed by atoms with E-state index >= 15 is 0 Å². The van der Waals surface area contributed by atoms with E-state index in [1.54, 1.807) is 27.7 Å². The Morgan fingerprint density at radius 1 is 0.787 bits per heavy atom. The van der Waals surface area contributed by atoms with Gasteiger partial charge in [-0.3, -0.25) is 28.8 Å². The zero-order chi connectivity index (χ0) is 55.6. The summed E-state index contributed by atoms with van der Waals surface area (Å²) in [5.74, 6) is -10.4. The second-order valence-corrected chi connectivity index (χ2v) is 21.7. The normalized spacial score (nSPS) is 40.0. The van der Waals surface area contributed by atoms with Crippen LogP contribution in [0.5, 0.6) is 0 Å². The van der Waals surface area contributed by atoms with Gasteiger partial charge < -0.3 is 62.5 Å². The number of rotatable bonds is 11. The maximum atomic E-state index is 14.7. The number of ether oxygens (including phenoxy) is 10. The summed E-state index contributed by atoms with van der Waals surface area (Å²) >= 11 is 0. The van der Waals surface area contributed by atoms with Gasteiger partial charge in [-0.25, -0.2) is 4.79 Å². The summed E-state index contributed by atoms with van der Waals surface area (Å²) in [7, 11) is 4.55. The molecule has 5 rings (SSSR count). The highest BCUT2D eigenvalue weighted by Crippen LogP contribution is 2.40. The first-order valence-electron chi connectivity index (χ1n) is 26.8. The Morgan fingerprint density at radius 2 is 1.40 bits per heavy atom. The zero-order valence-electron chi connectivity index (χ0n) is 46.3. The van der Waals surface area contributed by atoms with Gasteiger partial charge in [0.1, 0.15) is 24.0 Å². The first-order chi connectivity index (χ1) is 35.4. The van der Waals surface area contributed by atoms with Gasteiger partial charge in [0.05, 0.1) is 36.6 Å². The van der Waals surface area contributed by atoms with E-state index in [1.807, 2.05) is 32.9 Å². The van der Waals surface area contributed by atoms with E-state index < -0.39 is 139 Å². The van der Waals surface area contributed by atoms with E-state index in [-0.39, 0.29) is 43.4 Å². The molecule has 1 saturated carbocycles. The average molecular weight is 1060 g/mol. The fraction of sp³-hybridized carbons (Fsp3) is 0.800. The molecule has 0 radical (unpaired) electrons. The van der Waals surface area contributed by atoms with Crippen molar-refractivity contribution in [1.82, 2.24) is 4.90 Å². The predicted octanol–water partition coefficient (Wildman–Crippen LogP) is 5.04. The number of aliphatic hydroxyl groups is 2. The molecule has 75 heavy (non-hydrogen) atoms. The van der Waals surface area contributed by atoms with Crippen molar-refractivity contribution in [3.05, 3.63) is 23.3 Å². The van der Waals surface area contributed by atoms with Gasteiger partial charge in [0.15, 0.2) is 24.6 Å². The number of carbonyl (C=O) groups excluding carboxylic acids is 7. The van der Waals surface area contributed by atoms with Crippen LogP contribution in [0.25, 0.3) is 0 Å². The minimum Gasteiger partial charge on any atom is -0.456 e. The smallest absolute Gasteiger partial charge is 0.329 e. The quantitative estimate of drug-likeness (QED) is 0.119. The molecule has 5 aliphatic rings. The lowest BCUT2D eigenvalue weighted by molar-refractivity contribution is -0.318. The number of cyclic esters (lactones) is 1. The molecule has 0 unspecified atom stereocenters. The van der Waals surface area contributed by atoms with Gasteiger partial charge in [-0.2, -0.15) is 0 Å². The van der Waals surface area contributed by atoms with Crippen molar-refractivity contribution >= 4 is 41.4 Å². The molecule has 20 heteroatoms. The fourth-order valence-electron chi connectivity index (χ4n) is 11.8. The zero-order valence-corrected chi connectivity index (χ0v) is 46.3. The number of piperidine rings is 1. The van der Waals surface area contributed by atoms with Crippen LogP contribution in [0.1, 0.15) is 140 Å². The topological polar surface area (TPSA) is 255 Å². The number of hydrogen-bond donors (Lipinski definition) is 2. The van der Waals surface area contributed by atoms with Gasteiger partial charge in [-0.1, -0.05) is 45.4 Å². The van der Waals surface area contributed by atoms with Crippen LogP contribution in [0.15, 0.2) is 23.3 Å². The lowest BCUT2D eigenvalue weighted by Crippen LogP contribution is -2.64. The van der Waals surface area contributed by atoms with E-state index in [4.69, 9.17) is 47.4 Å². The monoisotopic (exact) mass is 1060 g/mol. The van der Waals surface area contributed by atoms with Crippen molar-refractivity contribution in [2.75, 3.05) is 27.9 Å². The number of nitrogens with zero attached hydrogens (tertiary/aromatic N) is 1. The molecular weight excluding hydrogens is 979 g/mol. The van der Waals surface area contributed by atoms with Gasteiger partial charge in [0, 0.05) is 72.8 Å². The van der Waals surface area contributed by atoms with Crippen molar-refractivity contribution in [2.45, 2.75) is 225 Å². The van der Waals surface area contributed by atoms with Crippen molar-refractivity contribution in [2.24, 2.45) is 29.6 Å². The van der Waals surface area contributed by atoms with Crippen molar-refractivity contribution in [1.29, 1.82) is 0 Å². The Morgan fingerprint density at radius 3 is 2.01 bits per heavy atom. The Hall–Kier alpha value is -4.15. The van der Waals surface area contributed by atoms with E-state index in [0.717, 1.165) is 10.5 Å². The molecule has 2 bridgehead atoms. The predicted molar refractivity (Wildman–Crippen MR) is 268 cm³/mol. The number of Topliss-reactive ketones (excluding diaryl/α,β-unsaturated/α-hetero) is 2. The minimum atomic E-state index is -2.57. The standard InChI is InChI=1S/C55H85NO19/c1-14-38-22-28(2)21-29(3)23-44(67-12)48-45(68-13)25-31(5)55(65,75-48)51(62)52(63)56-20-16-15-17-39(56)53(64)74-46(32(6)40(60)27-41(38)61)30(4)24-37-18-19-42(43(26-37)66-11)73-54-50(72-36(10)59)49(71-35(9)58)47(33(7)69-54)70-34(8)57/h22,24,29,31-33,37-40,42-50,54,60,65H,14-21,23,25-27H2,1-13H3/b28-22+,30-24+/t29-,31-,32-,33+,37+,38-,39+,40+,42-,43-,44+,45+,46-,47+,48-,49-,50-,54+,55-/m1/s1. The highest BCUT2D eigenvalue weighted by atomic mass is 16.7. The van der Waals surface area contributed by atoms with Crippen LogP contribution in [0, 0.1) is 29.6 Å². The second-order valence-electron chi connectivity index (χ2n) is 21.7. The minimum absolute atomic E-state index is 0.0159. The van der Waals surface area contributed by atoms with E-state index in [1.165, 1.54) is 42.1 Å². The van der Waals surface area contributed by atoms with Gasteiger partial charge in [0.2, 0.25) is 5.79 Å². The molecular formula is C55H85NO19. The summed E-state index contributed by atoms with van der Waals surface area (Å²) in [6.45, 7) is 16.2. The van der Waals surface area contributed by atoms with Crippen LogP contribution < -0.4 is 0 Å². The number of carbonyl (C=O) groups is 7.